The summed E-state index contributed by atoms with van der Waals surface area (Å²) in [5.41, 5.74) is 8.18. The zero-order chi connectivity index (χ0) is 13.7. The van der Waals surface area contributed by atoms with Gasteiger partial charge < -0.3 is 15.4 Å². The first kappa shape index (κ1) is 14.4. The molecule has 1 fully saturated rings. The number of hydrogen-bond acceptors (Lipinski definition) is 3. The van der Waals surface area contributed by atoms with Crippen LogP contribution in [0.3, 0.4) is 0 Å². The highest BCUT2D eigenvalue weighted by Gasteiger charge is 2.16. The van der Waals surface area contributed by atoms with Crippen LogP contribution in [0, 0.1) is 5.92 Å². The monoisotopic (exact) mass is 262 g/mol. The maximum Gasteiger partial charge on any atom is 0.123 e. The lowest BCUT2D eigenvalue weighted by Gasteiger charge is -2.21. The van der Waals surface area contributed by atoms with Crippen LogP contribution in [0.15, 0.2) is 18.2 Å². The van der Waals surface area contributed by atoms with E-state index in [2.05, 4.69) is 24.1 Å². The Kier molecular flexibility index (Phi) is 5.23. The summed E-state index contributed by atoms with van der Waals surface area (Å²) < 4.78 is 5.31. The minimum atomic E-state index is 0.531. The van der Waals surface area contributed by atoms with Crippen molar-refractivity contribution < 1.29 is 4.74 Å². The molecule has 0 radical (unpaired) electrons. The average molecular weight is 262 g/mol. The molecule has 1 saturated carbocycles. The second-order valence-corrected chi connectivity index (χ2v) is 5.70. The third-order valence-electron chi connectivity index (χ3n) is 4.06. The van der Waals surface area contributed by atoms with Crippen LogP contribution in [-0.2, 0) is 13.1 Å². The molecule has 0 bridgehead atoms. The summed E-state index contributed by atoms with van der Waals surface area (Å²) >= 11 is 0. The van der Waals surface area contributed by atoms with Crippen molar-refractivity contribution in [2.45, 2.75) is 38.8 Å². The van der Waals surface area contributed by atoms with E-state index in [0.717, 1.165) is 23.8 Å². The zero-order valence-corrected chi connectivity index (χ0v) is 12.2. The molecule has 1 aliphatic rings. The van der Waals surface area contributed by atoms with Crippen LogP contribution in [0.2, 0.25) is 0 Å². The molecule has 0 unspecified atom stereocenters. The minimum absolute atomic E-state index is 0.531. The zero-order valence-electron chi connectivity index (χ0n) is 12.2. The third kappa shape index (κ3) is 3.95. The van der Waals surface area contributed by atoms with E-state index in [1.165, 1.54) is 37.8 Å². The summed E-state index contributed by atoms with van der Waals surface area (Å²) in [7, 11) is 3.91. The van der Waals surface area contributed by atoms with Gasteiger partial charge in [-0.2, -0.15) is 0 Å². The Balaban J connectivity index is 1.94. The van der Waals surface area contributed by atoms with E-state index in [1.807, 2.05) is 6.07 Å². The van der Waals surface area contributed by atoms with Gasteiger partial charge in [0.05, 0.1) is 7.11 Å². The molecule has 106 valence electrons. The number of methoxy groups -OCH3 is 1. The molecule has 0 saturated heterocycles. The SMILES string of the molecule is COc1ccc(CN(C)CC2CCCC2)cc1CN. The molecule has 3 nitrogen and oxygen atoms in total. The van der Waals surface area contributed by atoms with Gasteiger partial charge in [0.25, 0.3) is 0 Å². The van der Waals surface area contributed by atoms with Gasteiger partial charge in [-0.3, -0.25) is 0 Å². The van der Waals surface area contributed by atoms with Crippen LogP contribution in [0.4, 0.5) is 0 Å². The fraction of sp³-hybridized carbons (Fsp3) is 0.625. The van der Waals surface area contributed by atoms with Gasteiger partial charge in [-0.05, 0) is 43.5 Å². The molecule has 0 aromatic heterocycles. The first-order chi connectivity index (χ1) is 9.22. The molecule has 0 heterocycles. The van der Waals surface area contributed by atoms with Gasteiger partial charge in [-0.25, -0.2) is 0 Å². The van der Waals surface area contributed by atoms with E-state index in [1.54, 1.807) is 7.11 Å². The van der Waals surface area contributed by atoms with E-state index >= 15 is 0 Å². The Labute approximate surface area is 116 Å². The molecule has 1 aromatic rings. The highest BCUT2D eigenvalue weighted by Crippen LogP contribution is 2.26. The second kappa shape index (κ2) is 6.92. The lowest BCUT2D eigenvalue weighted by atomic mass is 10.1. The lowest BCUT2D eigenvalue weighted by Crippen LogP contribution is -2.24. The molecule has 2 rings (SSSR count). The predicted molar refractivity (Wildman–Crippen MR) is 79.2 cm³/mol. The fourth-order valence-electron chi connectivity index (χ4n) is 3.10. The van der Waals surface area contributed by atoms with Crippen LogP contribution in [0.1, 0.15) is 36.8 Å². The molecule has 0 atom stereocenters. The van der Waals surface area contributed by atoms with Crippen LogP contribution in [0.5, 0.6) is 5.75 Å². The first-order valence-electron chi connectivity index (χ1n) is 7.27. The van der Waals surface area contributed by atoms with Crippen molar-refractivity contribution in [3.63, 3.8) is 0 Å². The molecule has 3 heteroatoms. The van der Waals surface area contributed by atoms with Crippen molar-refractivity contribution in [3.05, 3.63) is 29.3 Å². The lowest BCUT2D eigenvalue weighted by molar-refractivity contribution is 0.271. The predicted octanol–water partition coefficient (Wildman–Crippen LogP) is 2.78. The molecular weight excluding hydrogens is 236 g/mol. The number of nitrogens with two attached hydrogens (primary N) is 1. The Morgan fingerprint density at radius 2 is 2.05 bits per heavy atom. The Morgan fingerprint density at radius 3 is 2.68 bits per heavy atom. The number of nitrogens with zero attached hydrogens (tertiary/aromatic N) is 1. The van der Waals surface area contributed by atoms with Crippen LogP contribution >= 0.6 is 0 Å². The van der Waals surface area contributed by atoms with Crippen molar-refractivity contribution in [2.24, 2.45) is 11.7 Å². The van der Waals surface area contributed by atoms with E-state index in [-0.39, 0.29) is 0 Å². The smallest absolute Gasteiger partial charge is 0.123 e. The Bertz CT molecular complexity index is 400. The van der Waals surface area contributed by atoms with Gasteiger partial charge in [-0.1, -0.05) is 18.9 Å². The van der Waals surface area contributed by atoms with Crippen molar-refractivity contribution in [1.29, 1.82) is 0 Å². The molecule has 2 N–H and O–H groups in total. The fourth-order valence-corrected chi connectivity index (χ4v) is 3.10. The molecule has 1 aromatic carbocycles. The van der Waals surface area contributed by atoms with Gasteiger partial charge in [0.15, 0.2) is 0 Å². The van der Waals surface area contributed by atoms with Gasteiger partial charge in [0.2, 0.25) is 0 Å². The van der Waals surface area contributed by atoms with Crippen LogP contribution < -0.4 is 10.5 Å². The quantitative estimate of drug-likeness (QED) is 0.856. The topological polar surface area (TPSA) is 38.5 Å². The third-order valence-corrected chi connectivity index (χ3v) is 4.06. The number of ether oxygens (including phenoxy) is 1. The minimum Gasteiger partial charge on any atom is -0.496 e. The maximum absolute atomic E-state index is 5.76. The average Bonchev–Trinajstić information content (AvgIpc) is 2.91. The highest BCUT2D eigenvalue weighted by atomic mass is 16.5. The number of hydrogen-bond donors (Lipinski definition) is 1. The second-order valence-electron chi connectivity index (χ2n) is 5.70. The number of benzene rings is 1. The van der Waals surface area contributed by atoms with E-state index in [9.17, 15) is 0 Å². The molecular formula is C16H26N2O. The van der Waals surface area contributed by atoms with Crippen LogP contribution in [-0.4, -0.2) is 25.6 Å². The normalized spacial score (nSPS) is 16.2. The first-order valence-corrected chi connectivity index (χ1v) is 7.27. The Morgan fingerprint density at radius 1 is 1.32 bits per heavy atom. The number of rotatable bonds is 6. The van der Waals surface area contributed by atoms with Crippen molar-refractivity contribution >= 4 is 0 Å². The molecule has 0 aliphatic heterocycles. The standard InChI is InChI=1S/C16H26N2O/c1-18(11-13-5-3-4-6-13)12-14-7-8-16(19-2)15(9-14)10-17/h7-9,13H,3-6,10-12,17H2,1-2H3. The van der Waals surface area contributed by atoms with Crippen LogP contribution in [0.25, 0.3) is 0 Å². The van der Waals surface area contributed by atoms with Gasteiger partial charge >= 0.3 is 0 Å². The van der Waals surface area contributed by atoms with E-state index in [4.69, 9.17) is 10.5 Å². The summed E-state index contributed by atoms with van der Waals surface area (Å²) in [5.74, 6) is 1.79. The van der Waals surface area contributed by atoms with Crippen molar-refractivity contribution in [3.8, 4) is 5.75 Å². The summed E-state index contributed by atoms with van der Waals surface area (Å²) in [4.78, 5) is 2.43. The summed E-state index contributed by atoms with van der Waals surface area (Å²) in [6, 6.07) is 6.34. The molecule has 0 spiro atoms. The molecule has 1 aliphatic carbocycles. The van der Waals surface area contributed by atoms with Crippen molar-refractivity contribution in [2.75, 3.05) is 20.7 Å². The van der Waals surface area contributed by atoms with Gasteiger partial charge in [0.1, 0.15) is 5.75 Å². The van der Waals surface area contributed by atoms with E-state index < -0.39 is 0 Å². The molecule has 19 heavy (non-hydrogen) atoms. The Hall–Kier alpha value is -1.06. The van der Waals surface area contributed by atoms with E-state index in [0.29, 0.717) is 6.54 Å². The summed E-state index contributed by atoms with van der Waals surface area (Å²) in [6.07, 6.45) is 5.64. The van der Waals surface area contributed by atoms with Crippen molar-refractivity contribution in [1.82, 2.24) is 4.90 Å². The highest BCUT2D eigenvalue weighted by molar-refractivity contribution is 5.37. The van der Waals surface area contributed by atoms with Gasteiger partial charge in [0, 0.05) is 25.2 Å². The molecule has 0 amide bonds. The van der Waals surface area contributed by atoms with Gasteiger partial charge in [-0.15, -0.1) is 0 Å². The maximum atomic E-state index is 5.76. The summed E-state index contributed by atoms with van der Waals surface area (Å²) in [6.45, 7) is 2.74. The largest absolute Gasteiger partial charge is 0.496 e. The summed E-state index contributed by atoms with van der Waals surface area (Å²) in [5, 5.41) is 0.